The molecule has 0 saturated carbocycles. The summed E-state index contributed by atoms with van der Waals surface area (Å²) in [4.78, 5) is 21.7. The van der Waals surface area contributed by atoms with Crippen LogP contribution in [0.2, 0.25) is 0 Å². The van der Waals surface area contributed by atoms with Gasteiger partial charge in [0.05, 0.1) is 16.9 Å². The van der Waals surface area contributed by atoms with Gasteiger partial charge >= 0.3 is 0 Å². The van der Waals surface area contributed by atoms with Gasteiger partial charge in [-0.3, -0.25) is 20.1 Å². The fourth-order valence-electron chi connectivity index (χ4n) is 3.30. The minimum absolute atomic E-state index is 0.170. The van der Waals surface area contributed by atoms with E-state index in [1.807, 2.05) is 37.3 Å². The first-order valence-electron chi connectivity index (χ1n) is 10.7. The van der Waals surface area contributed by atoms with Crippen LogP contribution in [-0.2, 0) is 12.2 Å². The Hall–Kier alpha value is -4.13. The molecule has 4 rings (SSSR count). The minimum atomic E-state index is -0.964. The number of pyridine rings is 2. The van der Waals surface area contributed by atoms with Crippen LogP contribution in [0, 0.1) is 19.3 Å². The molecule has 9 heteroatoms. The molecule has 3 heterocycles. The number of anilines is 1. The van der Waals surface area contributed by atoms with Gasteiger partial charge in [-0.25, -0.2) is 0 Å². The summed E-state index contributed by atoms with van der Waals surface area (Å²) >= 11 is 1.10. The Morgan fingerprint density at radius 1 is 1.14 bits per heavy atom. The van der Waals surface area contributed by atoms with Gasteiger partial charge in [0.25, 0.3) is 11.1 Å². The predicted molar refractivity (Wildman–Crippen MR) is 134 cm³/mol. The molecule has 0 aliphatic carbocycles. The number of nitrogens with zero attached hydrogens (tertiary/aromatic N) is 4. The maximum absolute atomic E-state index is 13.1. The van der Waals surface area contributed by atoms with Crippen molar-refractivity contribution in [2.24, 2.45) is 0 Å². The lowest BCUT2D eigenvalue weighted by Gasteiger charge is -2.17. The van der Waals surface area contributed by atoms with Gasteiger partial charge < -0.3 is 9.84 Å². The van der Waals surface area contributed by atoms with Gasteiger partial charge in [-0.1, -0.05) is 35.3 Å². The Labute approximate surface area is 207 Å². The van der Waals surface area contributed by atoms with Gasteiger partial charge in [0.15, 0.2) is 0 Å². The highest BCUT2D eigenvalue weighted by atomic mass is 32.1. The molecule has 1 aromatic carbocycles. The van der Waals surface area contributed by atoms with Crippen LogP contribution in [0.15, 0.2) is 54.9 Å². The monoisotopic (exact) mass is 485 g/mol. The number of aliphatic hydroxyl groups is 1. The van der Waals surface area contributed by atoms with Gasteiger partial charge in [-0.2, -0.15) is 0 Å². The molecular formula is C26H23N5O3S. The van der Waals surface area contributed by atoms with E-state index in [2.05, 4.69) is 31.4 Å². The zero-order chi connectivity index (χ0) is 25.0. The molecule has 0 spiro atoms. The largest absolute Gasteiger partial charge is 0.462 e. The number of aromatic nitrogens is 4. The summed E-state index contributed by atoms with van der Waals surface area (Å²) < 4.78 is 5.66. The highest BCUT2D eigenvalue weighted by Crippen LogP contribution is 2.29. The van der Waals surface area contributed by atoms with Crippen LogP contribution in [0.4, 0.5) is 5.13 Å². The average Bonchev–Trinajstić information content (AvgIpc) is 3.29. The van der Waals surface area contributed by atoms with Crippen molar-refractivity contribution in [3.63, 3.8) is 0 Å². The molecule has 0 aliphatic rings. The van der Waals surface area contributed by atoms with E-state index < -0.39 is 5.60 Å². The summed E-state index contributed by atoms with van der Waals surface area (Å²) in [5, 5.41) is 21.3. The third-order valence-corrected chi connectivity index (χ3v) is 5.91. The number of amides is 1. The first-order chi connectivity index (χ1) is 16.7. The van der Waals surface area contributed by atoms with Crippen molar-refractivity contribution >= 4 is 22.4 Å². The molecule has 0 fully saturated rings. The van der Waals surface area contributed by atoms with Crippen molar-refractivity contribution in [3.05, 3.63) is 82.9 Å². The van der Waals surface area contributed by atoms with E-state index in [9.17, 15) is 9.90 Å². The summed E-state index contributed by atoms with van der Waals surface area (Å²) in [6.07, 6.45) is 8.79. The van der Waals surface area contributed by atoms with Crippen molar-refractivity contribution in [2.45, 2.75) is 33.0 Å². The van der Waals surface area contributed by atoms with Crippen LogP contribution in [-0.4, -0.2) is 31.2 Å². The normalized spacial score (nSPS) is 11.1. The summed E-state index contributed by atoms with van der Waals surface area (Å²) in [5.74, 6) is 2.28. The Kier molecular flexibility index (Phi) is 6.87. The summed E-state index contributed by atoms with van der Waals surface area (Å²) in [6, 6.07) is 12.8. The zero-order valence-corrected chi connectivity index (χ0v) is 20.3. The van der Waals surface area contributed by atoms with Crippen LogP contribution in [0.5, 0.6) is 5.19 Å². The Bertz CT molecular complexity index is 1400. The SMILES string of the molecule is C#Cc1ccccc1-c1cc(C)ncc1C(=O)Nc1nnc(OCc2ccc(C(C)(C)O)cn2)s1. The van der Waals surface area contributed by atoms with Gasteiger partial charge in [0.1, 0.15) is 6.61 Å². The van der Waals surface area contributed by atoms with Crippen LogP contribution in [0.25, 0.3) is 11.1 Å². The van der Waals surface area contributed by atoms with E-state index in [1.54, 1.807) is 32.2 Å². The van der Waals surface area contributed by atoms with Crippen molar-refractivity contribution in [3.8, 4) is 28.7 Å². The standard InChI is InChI=1S/C26H23N5O3S/c1-5-17-8-6-7-9-20(17)21-12-16(2)27-14-22(21)23(32)29-24-30-31-25(35-24)34-15-19-11-10-18(13-28-19)26(3,4)33/h1,6-14,33H,15H2,2-4H3,(H,29,30,32). The number of rotatable bonds is 7. The highest BCUT2D eigenvalue weighted by molar-refractivity contribution is 7.17. The lowest BCUT2D eigenvalue weighted by atomic mass is 9.96. The van der Waals surface area contributed by atoms with E-state index in [4.69, 9.17) is 11.2 Å². The fraction of sp³-hybridized carbons (Fsp3) is 0.192. The molecule has 3 aromatic heterocycles. The number of carbonyl (C=O) groups excluding carboxylic acids is 1. The van der Waals surface area contributed by atoms with Crippen molar-refractivity contribution < 1.29 is 14.6 Å². The molecule has 0 unspecified atom stereocenters. The van der Waals surface area contributed by atoms with Crippen molar-refractivity contribution in [1.29, 1.82) is 0 Å². The van der Waals surface area contributed by atoms with Crippen LogP contribution < -0.4 is 10.1 Å². The molecule has 8 nitrogen and oxygen atoms in total. The highest BCUT2D eigenvalue weighted by Gasteiger charge is 2.19. The Morgan fingerprint density at radius 2 is 1.94 bits per heavy atom. The first kappa shape index (κ1) is 24.0. The Morgan fingerprint density at radius 3 is 2.66 bits per heavy atom. The van der Waals surface area contributed by atoms with E-state index in [0.29, 0.717) is 27.9 Å². The van der Waals surface area contributed by atoms with E-state index >= 15 is 0 Å². The second-order valence-electron chi connectivity index (χ2n) is 8.27. The molecule has 0 atom stereocenters. The quantitative estimate of drug-likeness (QED) is 0.375. The third-order valence-electron chi connectivity index (χ3n) is 5.16. The third kappa shape index (κ3) is 5.69. The molecule has 0 saturated heterocycles. The molecular weight excluding hydrogens is 462 g/mol. The molecule has 1 amide bonds. The fourth-order valence-corrected chi connectivity index (χ4v) is 3.89. The maximum atomic E-state index is 13.1. The van der Waals surface area contributed by atoms with E-state index in [1.165, 1.54) is 6.20 Å². The topological polar surface area (TPSA) is 110 Å². The van der Waals surface area contributed by atoms with Gasteiger partial charge in [0, 0.05) is 29.2 Å². The zero-order valence-electron chi connectivity index (χ0n) is 19.4. The first-order valence-corrected chi connectivity index (χ1v) is 11.5. The summed E-state index contributed by atoms with van der Waals surface area (Å²) in [6.45, 7) is 5.41. The van der Waals surface area contributed by atoms with E-state index in [-0.39, 0.29) is 22.8 Å². The lowest BCUT2D eigenvalue weighted by Crippen LogP contribution is -2.16. The lowest BCUT2D eigenvalue weighted by molar-refractivity contribution is 0.0781. The number of ether oxygens (including phenoxy) is 1. The van der Waals surface area contributed by atoms with Gasteiger partial charge in [-0.15, -0.1) is 11.5 Å². The molecule has 4 aromatic rings. The number of nitrogens with one attached hydrogen (secondary N) is 1. The van der Waals surface area contributed by atoms with Crippen LogP contribution >= 0.6 is 11.3 Å². The molecule has 0 aliphatic heterocycles. The number of hydrogen-bond donors (Lipinski definition) is 2. The molecule has 35 heavy (non-hydrogen) atoms. The smallest absolute Gasteiger partial charge is 0.296 e. The number of carbonyl (C=O) groups is 1. The number of hydrogen-bond acceptors (Lipinski definition) is 8. The molecule has 0 radical (unpaired) electrons. The van der Waals surface area contributed by atoms with E-state index in [0.717, 1.165) is 22.6 Å². The average molecular weight is 486 g/mol. The maximum Gasteiger partial charge on any atom is 0.296 e. The van der Waals surface area contributed by atoms with Crippen molar-refractivity contribution in [1.82, 2.24) is 20.2 Å². The van der Waals surface area contributed by atoms with Crippen LogP contribution in [0.3, 0.4) is 0 Å². The predicted octanol–water partition coefficient (Wildman–Crippen LogP) is 4.34. The molecule has 176 valence electrons. The summed E-state index contributed by atoms with van der Waals surface area (Å²) in [5.41, 5.74) is 3.68. The molecule has 2 N–H and O–H groups in total. The van der Waals surface area contributed by atoms with Gasteiger partial charge in [-0.05, 0) is 61.4 Å². The van der Waals surface area contributed by atoms with Crippen molar-refractivity contribution in [2.75, 3.05) is 5.32 Å². The number of terminal acetylenes is 1. The minimum Gasteiger partial charge on any atom is -0.462 e. The second kappa shape index (κ2) is 10.0. The number of benzene rings is 1. The number of aryl methyl sites for hydroxylation is 1. The molecule has 0 bridgehead atoms. The Balaban J connectivity index is 1.47. The summed E-state index contributed by atoms with van der Waals surface area (Å²) in [7, 11) is 0. The second-order valence-corrected chi connectivity index (χ2v) is 9.21. The van der Waals surface area contributed by atoms with Crippen LogP contribution in [0.1, 0.15) is 46.7 Å². The van der Waals surface area contributed by atoms with Gasteiger partial charge in [0.2, 0.25) is 5.13 Å².